The molecule has 0 N–H and O–H groups in total. The summed E-state index contributed by atoms with van der Waals surface area (Å²) in [5.74, 6) is -1.01. The largest absolute Gasteiger partial charge is 0.462 e. The Morgan fingerprint density at radius 2 is 0.577 bits per heavy atom. The lowest BCUT2D eigenvalue weighted by Crippen LogP contribution is -2.30. The Labute approximate surface area is 438 Å². The molecule has 0 fully saturated rings. The number of unbranched alkanes of at least 4 members (excludes halogenated alkanes) is 23. The van der Waals surface area contributed by atoms with Crippen LogP contribution in [0, 0.1) is 0 Å². The summed E-state index contributed by atoms with van der Waals surface area (Å²) >= 11 is 0. The van der Waals surface area contributed by atoms with Gasteiger partial charge in [0.1, 0.15) is 13.2 Å². The molecule has 1 atom stereocenters. The second kappa shape index (κ2) is 58.6. The van der Waals surface area contributed by atoms with E-state index in [1.807, 2.05) is 6.08 Å². The Hall–Kier alpha value is -3.93. The number of esters is 3. The minimum absolute atomic E-state index is 0.108. The molecule has 0 aliphatic carbocycles. The molecule has 0 bridgehead atoms. The molecule has 6 heteroatoms. The summed E-state index contributed by atoms with van der Waals surface area (Å²) in [5.41, 5.74) is 0. The van der Waals surface area contributed by atoms with Gasteiger partial charge in [-0.25, -0.2) is 0 Å². The zero-order valence-corrected chi connectivity index (χ0v) is 46.2. The molecular weight excluding hydrogens is 877 g/mol. The van der Waals surface area contributed by atoms with Crippen molar-refractivity contribution in [3.63, 3.8) is 0 Å². The number of rotatable bonds is 52. The Morgan fingerprint density at radius 1 is 0.296 bits per heavy atom. The fraction of sp³-hybridized carbons (Fsp3) is 0.677. The molecule has 0 aromatic carbocycles. The Morgan fingerprint density at radius 3 is 0.986 bits per heavy atom. The monoisotopic (exact) mass is 985 g/mol. The van der Waals surface area contributed by atoms with Gasteiger partial charge in [-0.15, -0.1) is 0 Å². The second-order valence-corrected chi connectivity index (χ2v) is 19.2. The highest BCUT2D eigenvalue weighted by atomic mass is 16.6. The molecule has 0 amide bonds. The summed E-state index contributed by atoms with van der Waals surface area (Å²) in [6.45, 7) is 6.43. The fourth-order valence-electron chi connectivity index (χ4n) is 7.85. The van der Waals surface area contributed by atoms with Gasteiger partial charge in [0.15, 0.2) is 6.10 Å². The number of carbonyl (C=O) groups is 3. The summed E-state index contributed by atoms with van der Waals surface area (Å²) in [7, 11) is 0. The van der Waals surface area contributed by atoms with Gasteiger partial charge in [-0.1, -0.05) is 239 Å². The topological polar surface area (TPSA) is 78.9 Å². The summed E-state index contributed by atoms with van der Waals surface area (Å²) in [6, 6.07) is 0. The minimum atomic E-state index is -0.817. The van der Waals surface area contributed by atoms with Crippen molar-refractivity contribution < 1.29 is 28.6 Å². The first-order valence-electron chi connectivity index (χ1n) is 29.4. The standard InChI is InChI=1S/C65H108O6/c1-4-7-10-13-16-19-22-25-28-31-32-35-37-40-43-46-49-52-55-58-64(67)70-61-62(71-65(68)59-56-53-50-47-44-41-38-34-30-27-24-21-18-15-12-9-6-3)60-69-63(66)57-54-51-48-45-42-39-36-33-29-26-23-20-17-14-11-8-5-2/h7,10,16,18-19,21,25-30,32,35,40,43,49,52,62H,4-6,8-9,11-15,17,20,22-24,31,33-34,36-39,41-42,44-48,50-51,53-61H2,1-3H3/b10-7-,19-16-,21-18-,28-25-,29-26-,30-27-,35-32-,43-40-,52-49-/t62-/m0/s1. The van der Waals surface area contributed by atoms with Crippen molar-refractivity contribution in [2.24, 2.45) is 0 Å². The van der Waals surface area contributed by atoms with Crippen LogP contribution in [0.2, 0.25) is 0 Å². The number of hydrogen-bond acceptors (Lipinski definition) is 6. The molecule has 0 saturated carbocycles. The van der Waals surface area contributed by atoms with Gasteiger partial charge in [-0.05, 0) is 116 Å². The molecule has 6 nitrogen and oxygen atoms in total. The van der Waals surface area contributed by atoms with Crippen molar-refractivity contribution in [2.75, 3.05) is 13.2 Å². The lowest BCUT2D eigenvalue weighted by Gasteiger charge is -2.18. The van der Waals surface area contributed by atoms with E-state index in [1.54, 1.807) is 0 Å². The molecular formula is C65H108O6. The molecule has 0 aromatic rings. The molecule has 0 heterocycles. The van der Waals surface area contributed by atoms with E-state index in [2.05, 4.69) is 124 Å². The van der Waals surface area contributed by atoms with Crippen LogP contribution in [-0.2, 0) is 28.6 Å². The van der Waals surface area contributed by atoms with Gasteiger partial charge < -0.3 is 14.2 Å². The highest BCUT2D eigenvalue weighted by Gasteiger charge is 2.19. The summed E-state index contributed by atoms with van der Waals surface area (Å²) in [5, 5.41) is 0. The van der Waals surface area contributed by atoms with Gasteiger partial charge in [0.05, 0.1) is 0 Å². The SMILES string of the molecule is CC/C=C\C/C=C\C/C=C\C/C=C\C/C=C\C/C=C\CCC(=O)OC[C@H](COC(=O)CCCCCCCCC/C=C\CCCCCCCC)OC(=O)CCCCCCCCC/C=C\C/C=C\CCCCC. The van der Waals surface area contributed by atoms with E-state index in [0.717, 1.165) is 89.9 Å². The summed E-state index contributed by atoms with van der Waals surface area (Å²) in [6.07, 6.45) is 79.4. The van der Waals surface area contributed by atoms with Gasteiger partial charge in [0, 0.05) is 19.3 Å². The molecule has 0 aliphatic heterocycles. The quantitative estimate of drug-likeness (QED) is 0.0261. The third-order valence-electron chi connectivity index (χ3n) is 12.2. The molecule has 0 saturated heterocycles. The normalized spacial score (nSPS) is 12.9. The predicted octanol–water partition coefficient (Wildman–Crippen LogP) is 19.9. The zero-order valence-electron chi connectivity index (χ0n) is 46.2. The first-order chi connectivity index (χ1) is 35.0. The maximum atomic E-state index is 12.9. The number of ether oxygens (including phenoxy) is 3. The van der Waals surface area contributed by atoms with Crippen LogP contribution < -0.4 is 0 Å². The van der Waals surface area contributed by atoms with Crippen LogP contribution in [0.5, 0.6) is 0 Å². The fourth-order valence-corrected chi connectivity index (χ4v) is 7.85. The van der Waals surface area contributed by atoms with Crippen LogP contribution in [-0.4, -0.2) is 37.2 Å². The average Bonchev–Trinajstić information content (AvgIpc) is 3.37. The maximum absolute atomic E-state index is 12.9. The lowest BCUT2D eigenvalue weighted by atomic mass is 10.1. The predicted molar refractivity (Wildman–Crippen MR) is 307 cm³/mol. The van der Waals surface area contributed by atoms with E-state index < -0.39 is 6.10 Å². The molecule has 0 aliphatic rings. The van der Waals surface area contributed by atoms with E-state index in [4.69, 9.17) is 14.2 Å². The minimum Gasteiger partial charge on any atom is -0.462 e. The number of hydrogen-bond donors (Lipinski definition) is 0. The first-order valence-corrected chi connectivity index (χ1v) is 29.4. The Balaban J connectivity index is 4.52. The highest BCUT2D eigenvalue weighted by Crippen LogP contribution is 2.14. The van der Waals surface area contributed by atoms with E-state index in [0.29, 0.717) is 19.3 Å². The van der Waals surface area contributed by atoms with Crippen molar-refractivity contribution in [1.29, 1.82) is 0 Å². The molecule has 71 heavy (non-hydrogen) atoms. The van der Waals surface area contributed by atoms with Crippen molar-refractivity contribution in [2.45, 2.75) is 271 Å². The smallest absolute Gasteiger partial charge is 0.306 e. The molecule has 0 spiro atoms. The van der Waals surface area contributed by atoms with Gasteiger partial charge in [-0.2, -0.15) is 0 Å². The summed E-state index contributed by atoms with van der Waals surface area (Å²) in [4.78, 5) is 38.2. The van der Waals surface area contributed by atoms with Crippen molar-refractivity contribution in [1.82, 2.24) is 0 Å². The second-order valence-electron chi connectivity index (χ2n) is 19.2. The Bertz CT molecular complexity index is 1460. The molecule has 0 aromatic heterocycles. The number of carbonyl (C=O) groups excluding carboxylic acids is 3. The molecule has 0 rings (SSSR count). The maximum Gasteiger partial charge on any atom is 0.306 e. The van der Waals surface area contributed by atoms with Crippen molar-refractivity contribution in [3.05, 3.63) is 109 Å². The van der Waals surface area contributed by atoms with Gasteiger partial charge >= 0.3 is 17.9 Å². The summed E-state index contributed by atoms with van der Waals surface area (Å²) < 4.78 is 16.8. The van der Waals surface area contributed by atoms with E-state index >= 15 is 0 Å². The van der Waals surface area contributed by atoms with Crippen LogP contribution in [0.4, 0.5) is 0 Å². The van der Waals surface area contributed by atoms with Crippen LogP contribution in [0.15, 0.2) is 109 Å². The number of allylic oxidation sites excluding steroid dienone is 18. The molecule has 0 radical (unpaired) electrons. The van der Waals surface area contributed by atoms with Crippen LogP contribution >= 0.6 is 0 Å². The van der Waals surface area contributed by atoms with Crippen LogP contribution in [0.3, 0.4) is 0 Å². The lowest BCUT2D eigenvalue weighted by molar-refractivity contribution is -0.166. The van der Waals surface area contributed by atoms with Crippen molar-refractivity contribution in [3.8, 4) is 0 Å². The third-order valence-corrected chi connectivity index (χ3v) is 12.2. The van der Waals surface area contributed by atoms with E-state index in [1.165, 1.54) is 128 Å². The van der Waals surface area contributed by atoms with Crippen LogP contribution in [0.1, 0.15) is 265 Å². The van der Waals surface area contributed by atoms with Gasteiger partial charge in [0.2, 0.25) is 0 Å². The first kappa shape index (κ1) is 67.1. The van der Waals surface area contributed by atoms with E-state index in [-0.39, 0.29) is 37.5 Å². The average molecular weight is 986 g/mol. The van der Waals surface area contributed by atoms with Crippen LogP contribution in [0.25, 0.3) is 0 Å². The zero-order chi connectivity index (χ0) is 51.4. The molecule has 404 valence electrons. The molecule has 0 unspecified atom stereocenters. The van der Waals surface area contributed by atoms with Gasteiger partial charge in [0.25, 0.3) is 0 Å². The Kier molecular flexibility index (Phi) is 55.4. The van der Waals surface area contributed by atoms with E-state index in [9.17, 15) is 14.4 Å². The third kappa shape index (κ3) is 56.9. The highest BCUT2D eigenvalue weighted by molar-refractivity contribution is 5.71. The van der Waals surface area contributed by atoms with Gasteiger partial charge in [-0.3, -0.25) is 14.4 Å². The van der Waals surface area contributed by atoms with Crippen molar-refractivity contribution >= 4 is 17.9 Å².